The standard InChI is InChI=1S/C18H24F2O2/c1-3-5-13-6-8-14(9-7-13)12-22-16-11-10-15(21-4-2)17(19)18(16)20/h3,5,10-11,13-14H,4,6-9,12H2,1-2H3/b5-3+. The fourth-order valence-corrected chi connectivity index (χ4v) is 2.92. The molecule has 0 atom stereocenters. The average Bonchev–Trinajstić information content (AvgIpc) is 2.53. The first-order valence-corrected chi connectivity index (χ1v) is 8.02. The van der Waals surface area contributed by atoms with E-state index in [4.69, 9.17) is 9.47 Å². The molecule has 1 fully saturated rings. The monoisotopic (exact) mass is 310 g/mol. The van der Waals surface area contributed by atoms with Gasteiger partial charge in [-0.25, -0.2) is 0 Å². The van der Waals surface area contributed by atoms with Crippen molar-refractivity contribution in [2.24, 2.45) is 11.8 Å². The van der Waals surface area contributed by atoms with Crippen molar-refractivity contribution in [2.75, 3.05) is 13.2 Å². The van der Waals surface area contributed by atoms with Crippen LogP contribution < -0.4 is 9.47 Å². The summed E-state index contributed by atoms with van der Waals surface area (Å²) in [5.74, 6) is -0.975. The van der Waals surface area contributed by atoms with Crippen molar-refractivity contribution >= 4 is 0 Å². The first kappa shape index (κ1) is 16.8. The maximum atomic E-state index is 13.9. The van der Waals surface area contributed by atoms with Crippen molar-refractivity contribution < 1.29 is 18.3 Å². The molecule has 4 heteroatoms. The van der Waals surface area contributed by atoms with Gasteiger partial charge in [-0.3, -0.25) is 0 Å². The van der Waals surface area contributed by atoms with Crippen LogP contribution in [0.1, 0.15) is 39.5 Å². The number of allylic oxidation sites excluding steroid dienone is 2. The zero-order valence-electron chi connectivity index (χ0n) is 13.3. The summed E-state index contributed by atoms with van der Waals surface area (Å²) in [7, 11) is 0. The van der Waals surface area contributed by atoms with Crippen LogP contribution in [0.15, 0.2) is 24.3 Å². The van der Waals surface area contributed by atoms with Gasteiger partial charge in [-0.15, -0.1) is 0 Å². The molecular weight excluding hydrogens is 286 g/mol. The molecule has 2 rings (SSSR count). The van der Waals surface area contributed by atoms with E-state index in [0.717, 1.165) is 25.7 Å². The molecule has 0 saturated heterocycles. The van der Waals surface area contributed by atoms with Crippen molar-refractivity contribution in [3.8, 4) is 11.5 Å². The Hall–Kier alpha value is -1.58. The quantitative estimate of drug-likeness (QED) is 0.679. The maximum absolute atomic E-state index is 13.9. The molecule has 0 spiro atoms. The molecule has 1 aromatic carbocycles. The Kier molecular flexibility index (Phi) is 6.22. The van der Waals surface area contributed by atoms with Crippen molar-refractivity contribution in [3.63, 3.8) is 0 Å². The van der Waals surface area contributed by atoms with E-state index in [9.17, 15) is 8.78 Å². The van der Waals surface area contributed by atoms with Gasteiger partial charge in [0, 0.05) is 0 Å². The summed E-state index contributed by atoms with van der Waals surface area (Å²) in [5, 5.41) is 0. The van der Waals surface area contributed by atoms with Crippen LogP contribution in [0.2, 0.25) is 0 Å². The van der Waals surface area contributed by atoms with E-state index < -0.39 is 11.6 Å². The molecule has 22 heavy (non-hydrogen) atoms. The highest BCUT2D eigenvalue weighted by atomic mass is 19.2. The summed E-state index contributed by atoms with van der Waals surface area (Å²) in [6, 6.07) is 2.86. The van der Waals surface area contributed by atoms with E-state index in [1.54, 1.807) is 6.92 Å². The third-order valence-corrected chi connectivity index (χ3v) is 4.14. The first-order valence-electron chi connectivity index (χ1n) is 8.02. The summed E-state index contributed by atoms with van der Waals surface area (Å²) >= 11 is 0. The Morgan fingerprint density at radius 2 is 1.64 bits per heavy atom. The Morgan fingerprint density at radius 1 is 1.05 bits per heavy atom. The Balaban J connectivity index is 1.88. The largest absolute Gasteiger partial charge is 0.491 e. The second-order valence-electron chi connectivity index (χ2n) is 5.74. The van der Waals surface area contributed by atoms with Gasteiger partial charge >= 0.3 is 0 Å². The number of rotatable bonds is 6. The van der Waals surface area contributed by atoms with Crippen LogP contribution in [0.5, 0.6) is 11.5 Å². The predicted molar refractivity (Wildman–Crippen MR) is 83.3 cm³/mol. The SMILES string of the molecule is C/C=C/C1CCC(COc2ccc(OCC)c(F)c2F)CC1. The van der Waals surface area contributed by atoms with Crippen LogP contribution in [0.3, 0.4) is 0 Å². The molecule has 0 heterocycles. The minimum Gasteiger partial charge on any atom is -0.491 e. The third kappa shape index (κ3) is 4.21. The maximum Gasteiger partial charge on any atom is 0.204 e. The number of hydrogen-bond acceptors (Lipinski definition) is 2. The first-order chi connectivity index (χ1) is 10.7. The van der Waals surface area contributed by atoms with Crippen molar-refractivity contribution in [3.05, 3.63) is 35.9 Å². The molecule has 1 saturated carbocycles. The zero-order valence-corrected chi connectivity index (χ0v) is 13.3. The lowest BCUT2D eigenvalue weighted by molar-refractivity contribution is 0.187. The van der Waals surface area contributed by atoms with E-state index in [-0.39, 0.29) is 11.5 Å². The van der Waals surface area contributed by atoms with Crippen molar-refractivity contribution in [1.82, 2.24) is 0 Å². The van der Waals surface area contributed by atoms with Gasteiger partial charge in [0.25, 0.3) is 0 Å². The van der Waals surface area contributed by atoms with Gasteiger partial charge in [-0.2, -0.15) is 8.78 Å². The molecule has 0 unspecified atom stereocenters. The lowest BCUT2D eigenvalue weighted by Crippen LogP contribution is -2.19. The molecule has 0 bridgehead atoms. The number of benzene rings is 1. The molecule has 0 N–H and O–H groups in total. The average molecular weight is 310 g/mol. The highest BCUT2D eigenvalue weighted by Gasteiger charge is 2.21. The normalized spacial score (nSPS) is 22.0. The third-order valence-electron chi connectivity index (χ3n) is 4.14. The fraction of sp³-hybridized carbons (Fsp3) is 0.556. The van der Waals surface area contributed by atoms with Gasteiger partial charge in [-0.05, 0) is 63.5 Å². The van der Waals surface area contributed by atoms with E-state index >= 15 is 0 Å². The molecule has 0 aliphatic heterocycles. The highest BCUT2D eigenvalue weighted by Crippen LogP contribution is 2.32. The van der Waals surface area contributed by atoms with Crippen LogP contribution in [0.25, 0.3) is 0 Å². The van der Waals surface area contributed by atoms with E-state index in [1.165, 1.54) is 12.1 Å². The van der Waals surface area contributed by atoms with Crippen LogP contribution in [-0.4, -0.2) is 13.2 Å². The molecule has 1 aliphatic rings. The highest BCUT2D eigenvalue weighted by molar-refractivity contribution is 5.35. The Morgan fingerprint density at radius 3 is 2.18 bits per heavy atom. The van der Waals surface area contributed by atoms with Crippen LogP contribution in [0.4, 0.5) is 8.78 Å². The van der Waals surface area contributed by atoms with Crippen LogP contribution in [0, 0.1) is 23.5 Å². The number of ether oxygens (including phenoxy) is 2. The minimum absolute atomic E-state index is 0.0310. The summed E-state index contributed by atoms with van der Waals surface area (Å²) in [4.78, 5) is 0. The van der Waals surface area contributed by atoms with E-state index in [2.05, 4.69) is 12.2 Å². The van der Waals surface area contributed by atoms with Crippen LogP contribution in [-0.2, 0) is 0 Å². The fourth-order valence-electron chi connectivity index (χ4n) is 2.92. The minimum atomic E-state index is -0.976. The summed E-state index contributed by atoms with van der Waals surface area (Å²) in [6.45, 7) is 4.50. The van der Waals surface area contributed by atoms with Gasteiger partial charge in [0.15, 0.2) is 11.5 Å². The van der Waals surface area contributed by atoms with Gasteiger partial charge in [0.05, 0.1) is 13.2 Å². The van der Waals surface area contributed by atoms with Gasteiger partial charge in [0.2, 0.25) is 11.6 Å². The summed E-state index contributed by atoms with van der Waals surface area (Å²) in [5.41, 5.74) is 0. The van der Waals surface area contributed by atoms with Gasteiger partial charge in [-0.1, -0.05) is 12.2 Å². The Bertz CT molecular complexity index is 506. The molecule has 0 radical (unpaired) electrons. The molecule has 1 aliphatic carbocycles. The van der Waals surface area contributed by atoms with Crippen molar-refractivity contribution in [2.45, 2.75) is 39.5 Å². The van der Waals surface area contributed by atoms with Gasteiger partial charge < -0.3 is 9.47 Å². The smallest absolute Gasteiger partial charge is 0.204 e. The molecule has 2 nitrogen and oxygen atoms in total. The molecule has 0 amide bonds. The molecule has 1 aromatic rings. The second kappa shape index (κ2) is 8.16. The molecular formula is C18H24F2O2. The predicted octanol–water partition coefficient (Wildman–Crippen LogP) is 5.12. The van der Waals surface area contributed by atoms with E-state index in [1.807, 2.05) is 6.92 Å². The summed E-state index contributed by atoms with van der Waals surface area (Å²) in [6.07, 6.45) is 8.75. The molecule has 0 aromatic heterocycles. The molecule has 122 valence electrons. The second-order valence-corrected chi connectivity index (χ2v) is 5.74. The van der Waals surface area contributed by atoms with Crippen molar-refractivity contribution in [1.29, 1.82) is 0 Å². The summed E-state index contributed by atoms with van der Waals surface area (Å²) < 4.78 is 38.2. The number of hydrogen-bond donors (Lipinski definition) is 0. The lowest BCUT2D eigenvalue weighted by Gasteiger charge is -2.26. The van der Waals surface area contributed by atoms with E-state index in [0.29, 0.717) is 25.0 Å². The Labute approximate surface area is 131 Å². The zero-order chi connectivity index (χ0) is 15.9. The number of halogens is 2. The topological polar surface area (TPSA) is 18.5 Å². The lowest BCUT2D eigenvalue weighted by atomic mass is 9.82. The van der Waals surface area contributed by atoms with Crippen LogP contribution >= 0.6 is 0 Å². The van der Waals surface area contributed by atoms with Gasteiger partial charge in [0.1, 0.15) is 0 Å².